The number of nitrogens with zero attached hydrogens (tertiary/aromatic N) is 2. The van der Waals surface area contributed by atoms with Crippen LogP contribution in [0, 0.1) is 17.2 Å². The molecule has 0 bridgehead atoms. The molecule has 78 valence electrons. The van der Waals surface area contributed by atoms with Crippen molar-refractivity contribution in [2.45, 2.75) is 25.8 Å². The Morgan fingerprint density at radius 1 is 1.71 bits per heavy atom. The van der Waals surface area contributed by atoms with Crippen LogP contribution in [0.5, 0.6) is 0 Å². The number of carbonyl (C=O) groups is 1. The summed E-state index contributed by atoms with van der Waals surface area (Å²) in [7, 11) is 1.66. The highest BCUT2D eigenvalue weighted by atomic mass is 16.1. The molecule has 0 aromatic rings. The van der Waals surface area contributed by atoms with E-state index in [2.05, 4.69) is 16.3 Å². The smallest absolute Gasteiger partial charge is 0.224 e. The number of nitriles is 1. The molecule has 1 heterocycles. The summed E-state index contributed by atoms with van der Waals surface area (Å²) in [6.45, 7) is 3.53. The van der Waals surface area contributed by atoms with E-state index >= 15 is 0 Å². The molecule has 0 spiro atoms. The number of likely N-dealkylation sites (tertiary alicyclic amines) is 1. The summed E-state index contributed by atoms with van der Waals surface area (Å²) >= 11 is 0. The van der Waals surface area contributed by atoms with Crippen LogP contribution in [0.4, 0.5) is 0 Å². The number of hydrogen-bond donors (Lipinski definition) is 1. The molecule has 1 saturated heterocycles. The van der Waals surface area contributed by atoms with E-state index in [9.17, 15) is 4.79 Å². The Labute approximate surface area is 84.9 Å². The van der Waals surface area contributed by atoms with Crippen molar-refractivity contribution in [3.05, 3.63) is 0 Å². The molecule has 1 amide bonds. The lowest BCUT2D eigenvalue weighted by Gasteiger charge is -2.33. The first-order chi connectivity index (χ1) is 6.69. The Bertz CT molecular complexity index is 246. The van der Waals surface area contributed by atoms with E-state index in [1.54, 1.807) is 7.05 Å². The average Bonchev–Trinajstić information content (AvgIpc) is 2.27. The normalized spacial score (nSPS) is 25.1. The molecule has 0 aromatic carbocycles. The molecule has 1 N–H and O–H groups in total. The van der Waals surface area contributed by atoms with Gasteiger partial charge in [0.05, 0.1) is 18.0 Å². The van der Waals surface area contributed by atoms with Crippen LogP contribution in [0.2, 0.25) is 0 Å². The minimum Gasteiger partial charge on any atom is -0.359 e. The van der Waals surface area contributed by atoms with Crippen molar-refractivity contribution < 1.29 is 4.79 Å². The van der Waals surface area contributed by atoms with Gasteiger partial charge in [0.25, 0.3) is 0 Å². The van der Waals surface area contributed by atoms with Crippen LogP contribution in [0.25, 0.3) is 0 Å². The predicted octanol–water partition coefficient (Wildman–Crippen LogP) is 0.356. The third-order valence-electron chi connectivity index (χ3n) is 2.80. The fraction of sp³-hybridized carbons (Fsp3) is 0.800. The number of rotatable bonds is 2. The van der Waals surface area contributed by atoms with Crippen molar-refractivity contribution in [2.24, 2.45) is 5.92 Å². The minimum atomic E-state index is -0.0811. The van der Waals surface area contributed by atoms with Gasteiger partial charge in [-0.05, 0) is 26.3 Å². The minimum absolute atomic E-state index is 0.0598. The highest BCUT2D eigenvalue weighted by molar-refractivity contribution is 5.78. The zero-order valence-corrected chi connectivity index (χ0v) is 8.79. The highest BCUT2D eigenvalue weighted by Gasteiger charge is 2.27. The first kappa shape index (κ1) is 11.0. The maximum absolute atomic E-state index is 11.4. The van der Waals surface area contributed by atoms with E-state index in [1.807, 2.05) is 6.92 Å². The third kappa shape index (κ3) is 2.46. The molecule has 0 aromatic heterocycles. The van der Waals surface area contributed by atoms with E-state index in [4.69, 9.17) is 5.26 Å². The SMILES string of the molecule is CNC(=O)C1CCCN(C(C)C#N)C1. The standard InChI is InChI=1S/C10H17N3O/c1-8(6-11)13-5-3-4-9(7-13)10(14)12-2/h8-9H,3-5,7H2,1-2H3,(H,12,14). The van der Waals surface area contributed by atoms with Crippen LogP contribution < -0.4 is 5.32 Å². The van der Waals surface area contributed by atoms with Crippen LogP contribution in [0.3, 0.4) is 0 Å². The summed E-state index contributed by atoms with van der Waals surface area (Å²) in [5.41, 5.74) is 0. The molecule has 1 rings (SSSR count). The lowest BCUT2D eigenvalue weighted by molar-refractivity contribution is -0.126. The molecule has 0 radical (unpaired) electrons. The van der Waals surface area contributed by atoms with E-state index < -0.39 is 0 Å². The van der Waals surface area contributed by atoms with Crippen molar-refractivity contribution in [3.63, 3.8) is 0 Å². The van der Waals surface area contributed by atoms with Crippen molar-refractivity contribution in [2.75, 3.05) is 20.1 Å². The Hall–Kier alpha value is -1.08. The maximum atomic E-state index is 11.4. The summed E-state index contributed by atoms with van der Waals surface area (Å²) in [6, 6.07) is 2.13. The van der Waals surface area contributed by atoms with E-state index in [0.717, 1.165) is 19.4 Å². The van der Waals surface area contributed by atoms with Gasteiger partial charge in [-0.15, -0.1) is 0 Å². The topological polar surface area (TPSA) is 56.1 Å². The molecule has 2 atom stereocenters. The molecule has 1 aliphatic rings. The number of amides is 1. The third-order valence-corrected chi connectivity index (χ3v) is 2.80. The number of nitrogens with one attached hydrogen (secondary N) is 1. The van der Waals surface area contributed by atoms with Gasteiger partial charge in [0.2, 0.25) is 5.91 Å². The maximum Gasteiger partial charge on any atom is 0.224 e. The second-order valence-electron chi connectivity index (χ2n) is 3.75. The number of piperidine rings is 1. The highest BCUT2D eigenvalue weighted by Crippen LogP contribution is 2.18. The molecule has 14 heavy (non-hydrogen) atoms. The Morgan fingerprint density at radius 2 is 2.43 bits per heavy atom. The van der Waals surface area contributed by atoms with Crippen LogP contribution in [0.1, 0.15) is 19.8 Å². The van der Waals surface area contributed by atoms with Gasteiger partial charge in [-0.3, -0.25) is 9.69 Å². The van der Waals surface area contributed by atoms with Gasteiger partial charge in [-0.2, -0.15) is 5.26 Å². The van der Waals surface area contributed by atoms with Crippen molar-refractivity contribution >= 4 is 5.91 Å². The van der Waals surface area contributed by atoms with Crippen molar-refractivity contribution in [1.29, 1.82) is 5.26 Å². The quantitative estimate of drug-likeness (QED) is 0.692. The number of hydrogen-bond acceptors (Lipinski definition) is 3. The Kier molecular flexibility index (Phi) is 3.90. The van der Waals surface area contributed by atoms with Gasteiger partial charge < -0.3 is 5.32 Å². The summed E-state index contributed by atoms with van der Waals surface area (Å²) in [6.07, 6.45) is 1.94. The summed E-state index contributed by atoms with van der Waals surface area (Å²) in [5, 5.41) is 11.4. The molecule has 4 nitrogen and oxygen atoms in total. The largest absolute Gasteiger partial charge is 0.359 e. The van der Waals surface area contributed by atoms with Gasteiger partial charge in [-0.1, -0.05) is 0 Å². The fourth-order valence-corrected chi connectivity index (χ4v) is 1.86. The molecule has 4 heteroatoms. The average molecular weight is 195 g/mol. The molecule has 0 aliphatic carbocycles. The van der Waals surface area contributed by atoms with Gasteiger partial charge in [0.15, 0.2) is 0 Å². The monoisotopic (exact) mass is 195 g/mol. The lowest BCUT2D eigenvalue weighted by Crippen LogP contribution is -2.45. The zero-order chi connectivity index (χ0) is 10.6. The van der Waals surface area contributed by atoms with Gasteiger partial charge in [-0.25, -0.2) is 0 Å². The first-order valence-electron chi connectivity index (χ1n) is 5.04. The predicted molar refractivity (Wildman–Crippen MR) is 53.4 cm³/mol. The summed E-state index contributed by atoms with van der Waals surface area (Å²) < 4.78 is 0. The first-order valence-corrected chi connectivity index (χ1v) is 5.04. The van der Waals surface area contributed by atoms with E-state index in [-0.39, 0.29) is 17.9 Å². The Balaban J connectivity index is 2.52. The van der Waals surface area contributed by atoms with E-state index in [1.165, 1.54) is 0 Å². The van der Waals surface area contributed by atoms with Crippen molar-refractivity contribution in [3.8, 4) is 6.07 Å². The zero-order valence-electron chi connectivity index (χ0n) is 8.79. The van der Waals surface area contributed by atoms with Crippen LogP contribution >= 0.6 is 0 Å². The molecule has 0 saturated carbocycles. The number of carbonyl (C=O) groups excluding carboxylic acids is 1. The molecular formula is C10H17N3O. The second-order valence-corrected chi connectivity index (χ2v) is 3.75. The van der Waals surface area contributed by atoms with Crippen LogP contribution in [-0.4, -0.2) is 37.0 Å². The van der Waals surface area contributed by atoms with Crippen LogP contribution in [-0.2, 0) is 4.79 Å². The fourth-order valence-electron chi connectivity index (χ4n) is 1.86. The van der Waals surface area contributed by atoms with Crippen molar-refractivity contribution in [1.82, 2.24) is 10.2 Å². The Morgan fingerprint density at radius 3 is 3.00 bits per heavy atom. The summed E-state index contributed by atoms with van der Waals surface area (Å²) in [5.74, 6) is 0.157. The molecule has 1 aliphatic heterocycles. The molecule has 1 fully saturated rings. The van der Waals surface area contributed by atoms with Gasteiger partial charge in [0, 0.05) is 13.6 Å². The second kappa shape index (κ2) is 4.97. The van der Waals surface area contributed by atoms with Gasteiger partial charge >= 0.3 is 0 Å². The molecule has 2 unspecified atom stereocenters. The van der Waals surface area contributed by atoms with Crippen LogP contribution in [0.15, 0.2) is 0 Å². The van der Waals surface area contributed by atoms with Gasteiger partial charge in [0.1, 0.15) is 0 Å². The lowest BCUT2D eigenvalue weighted by atomic mass is 9.96. The molecular weight excluding hydrogens is 178 g/mol. The van der Waals surface area contributed by atoms with E-state index in [0.29, 0.717) is 6.54 Å². The summed E-state index contributed by atoms with van der Waals surface area (Å²) in [4.78, 5) is 13.5.